The summed E-state index contributed by atoms with van der Waals surface area (Å²) in [4.78, 5) is 15.7. The Hall–Kier alpha value is -3.16. The summed E-state index contributed by atoms with van der Waals surface area (Å²) >= 11 is 0. The lowest BCUT2D eigenvalue weighted by atomic mass is 10.1. The smallest absolute Gasteiger partial charge is 0.264 e. The Morgan fingerprint density at radius 2 is 1.46 bits per heavy atom. The molecule has 7 heteroatoms. The first-order chi connectivity index (χ1) is 17.7. The summed E-state index contributed by atoms with van der Waals surface area (Å²) in [5.41, 5.74) is 5.44. The molecule has 0 aliphatic carbocycles. The van der Waals surface area contributed by atoms with Crippen LogP contribution >= 0.6 is 0 Å². The second kappa shape index (κ2) is 11.9. The van der Waals surface area contributed by atoms with Crippen LogP contribution in [0.1, 0.15) is 47.1 Å². The molecule has 196 valence electrons. The van der Waals surface area contributed by atoms with Gasteiger partial charge in [0.05, 0.1) is 10.6 Å². The van der Waals surface area contributed by atoms with Gasteiger partial charge in [-0.1, -0.05) is 60.5 Å². The summed E-state index contributed by atoms with van der Waals surface area (Å²) in [7, 11) is -3.94. The van der Waals surface area contributed by atoms with Crippen LogP contribution in [-0.2, 0) is 27.9 Å². The van der Waals surface area contributed by atoms with Crippen LogP contribution in [0.4, 0.5) is 5.69 Å². The van der Waals surface area contributed by atoms with Gasteiger partial charge in [0, 0.05) is 13.1 Å². The highest BCUT2D eigenvalue weighted by molar-refractivity contribution is 7.92. The lowest BCUT2D eigenvalue weighted by molar-refractivity contribution is -0.119. The van der Waals surface area contributed by atoms with Gasteiger partial charge < -0.3 is 5.32 Å². The van der Waals surface area contributed by atoms with E-state index in [0.717, 1.165) is 41.9 Å². The zero-order valence-electron chi connectivity index (χ0n) is 22.0. The SMILES string of the molecule is Cc1ccc(S(=O)(=O)N(CC(=O)NCc2ccc(CN3CCCCC3)cc2)c2cc(C)ccc2C)cc1. The number of nitrogens with one attached hydrogen (secondary N) is 1. The molecule has 1 fully saturated rings. The number of carbonyl (C=O) groups excluding carboxylic acids is 1. The van der Waals surface area contributed by atoms with E-state index in [1.165, 1.54) is 29.1 Å². The highest BCUT2D eigenvalue weighted by Gasteiger charge is 2.28. The molecule has 37 heavy (non-hydrogen) atoms. The van der Waals surface area contributed by atoms with Gasteiger partial charge in [0.2, 0.25) is 5.91 Å². The molecule has 0 aromatic heterocycles. The third-order valence-electron chi connectivity index (χ3n) is 6.90. The Bertz CT molecular complexity index is 1310. The predicted octanol–water partition coefficient (Wildman–Crippen LogP) is 5.11. The molecule has 1 amide bonds. The van der Waals surface area contributed by atoms with Crippen molar-refractivity contribution < 1.29 is 13.2 Å². The van der Waals surface area contributed by atoms with Gasteiger partial charge in [0.25, 0.3) is 10.0 Å². The lowest BCUT2D eigenvalue weighted by Crippen LogP contribution is -2.41. The van der Waals surface area contributed by atoms with Crippen molar-refractivity contribution in [1.29, 1.82) is 0 Å². The van der Waals surface area contributed by atoms with Gasteiger partial charge in [-0.3, -0.25) is 14.0 Å². The molecule has 3 aromatic carbocycles. The van der Waals surface area contributed by atoms with Crippen molar-refractivity contribution in [2.75, 3.05) is 23.9 Å². The number of likely N-dealkylation sites (tertiary alicyclic amines) is 1. The van der Waals surface area contributed by atoms with Crippen molar-refractivity contribution in [1.82, 2.24) is 10.2 Å². The first kappa shape index (κ1) is 26.9. The molecule has 3 aromatic rings. The molecule has 0 saturated carbocycles. The number of nitrogens with zero attached hydrogens (tertiary/aromatic N) is 2. The van der Waals surface area contributed by atoms with Crippen molar-refractivity contribution in [2.24, 2.45) is 0 Å². The molecule has 1 N–H and O–H groups in total. The number of rotatable bonds is 9. The van der Waals surface area contributed by atoms with Crippen LogP contribution in [0.5, 0.6) is 0 Å². The molecule has 0 spiro atoms. The monoisotopic (exact) mass is 519 g/mol. The first-order valence-electron chi connectivity index (χ1n) is 13.0. The van der Waals surface area contributed by atoms with Crippen LogP contribution in [0.3, 0.4) is 0 Å². The van der Waals surface area contributed by atoms with Crippen LogP contribution in [0.25, 0.3) is 0 Å². The normalized spacial score (nSPS) is 14.4. The maximum atomic E-state index is 13.7. The van der Waals surface area contributed by atoms with Gasteiger partial charge in [-0.25, -0.2) is 8.42 Å². The van der Waals surface area contributed by atoms with E-state index < -0.39 is 10.0 Å². The number of anilines is 1. The van der Waals surface area contributed by atoms with Crippen LogP contribution < -0.4 is 9.62 Å². The van der Waals surface area contributed by atoms with E-state index in [1.807, 2.05) is 51.1 Å². The standard InChI is InChI=1S/C30H37N3O3S/c1-23-8-15-28(16-9-23)37(35,36)33(29-19-24(2)7-10-25(29)3)22-30(34)31-20-26-11-13-27(14-12-26)21-32-17-5-4-6-18-32/h7-16,19H,4-6,17-18,20-22H2,1-3H3,(H,31,34). The van der Waals surface area contributed by atoms with Crippen molar-refractivity contribution in [2.45, 2.75) is 58.0 Å². The van der Waals surface area contributed by atoms with E-state index in [1.54, 1.807) is 24.3 Å². The summed E-state index contributed by atoms with van der Waals surface area (Å²) in [6, 6.07) is 20.6. The van der Waals surface area contributed by atoms with Crippen molar-refractivity contribution in [3.05, 3.63) is 94.5 Å². The maximum absolute atomic E-state index is 13.7. The molecular formula is C30H37N3O3S. The minimum absolute atomic E-state index is 0.163. The van der Waals surface area contributed by atoms with E-state index >= 15 is 0 Å². The summed E-state index contributed by atoms with van der Waals surface area (Å²) in [6.07, 6.45) is 3.86. The highest BCUT2D eigenvalue weighted by Crippen LogP contribution is 2.28. The molecule has 0 unspecified atom stereocenters. The molecule has 1 aliphatic rings. The second-order valence-corrected chi connectivity index (χ2v) is 11.9. The number of amides is 1. The van der Waals surface area contributed by atoms with E-state index in [2.05, 4.69) is 22.3 Å². The maximum Gasteiger partial charge on any atom is 0.264 e. The van der Waals surface area contributed by atoms with Crippen molar-refractivity contribution in [3.8, 4) is 0 Å². The number of benzene rings is 3. The number of sulfonamides is 1. The Morgan fingerprint density at radius 1 is 0.838 bits per heavy atom. The van der Waals surface area contributed by atoms with E-state index in [-0.39, 0.29) is 17.3 Å². The topological polar surface area (TPSA) is 69.7 Å². The fourth-order valence-corrected chi connectivity index (χ4v) is 6.13. The Morgan fingerprint density at radius 3 is 2.14 bits per heavy atom. The number of aryl methyl sites for hydroxylation is 3. The quantitative estimate of drug-likeness (QED) is 0.427. The highest BCUT2D eigenvalue weighted by atomic mass is 32.2. The molecule has 0 bridgehead atoms. The zero-order valence-corrected chi connectivity index (χ0v) is 22.9. The molecular weight excluding hydrogens is 482 g/mol. The van der Waals surface area contributed by atoms with Gasteiger partial charge >= 0.3 is 0 Å². The molecule has 4 rings (SSSR count). The molecule has 1 aliphatic heterocycles. The number of carbonyl (C=O) groups is 1. The van der Waals surface area contributed by atoms with Crippen LogP contribution in [0.15, 0.2) is 71.6 Å². The Balaban J connectivity index is 1.46. The van der Waals surface area contributed by atoms with Gasteiger partial charge in [-0.2, -0.15) is 0 Å². The average Bonchev–Trinajstić information content (AvgIpc) is 2.89. The van der Waals surface area contributed by atoms with Gasteiger partial charge in [0.1, 0.15) is 6.54 Å². The molecule has 1 heterocycles. The predicted molar refractivity (Wildman–Crippen MR) is 149 cm³/mol. The van der Waals surface area contributed by atoms with Gasteiger partial charge in [0.15, 0.2) is 0 Å². The van der Waals surface area contributed by atoms with Gasteiger partial charge in [-0.15, -0.1) is 0 Å². The summed E-state index contributed by atoms with van der Waals surface area (Å²) in [6.45, 7) is 8.98. The largest absolute Gasteiger partial charge is 0.350 e. The third kappa shape index (κ3) is 6.99. The number of piperidine rings is 1. The zero-order chi connectivity index (χ0) is 26.4. The molecule has 6 nitrogen and oxygen atoms in total. The van der Waals surface area contributed by atoms with Crippen LogP contribution in [0.2, 0.25) is 0 Å². The molecule has 0 radical (unpaired) electrons. The number of hydrogen-bond donors (Lipinski definition) is 1. The molecule has 1 saturated heterocycles. The van der Waals surface area contributed by atoms with Crippen molar-refractivity contribution in [3.63, 3.8) is 0 Å². The van der Waals surface area contributed by atoms with Crippen LogP contribution in [-0.4, -0.2) is 38.9 Å². The summed E-state index contributed by atoms with van der Waals surface area (Å²) < 4.78 is 28.5. The Kier molecular flexibility index (Phi) is 8.67. The van der Waals surface area contributed by atoms with Crippen molar-refractivity contribution >= 4 is 21.6 Å². The summed E-state index contributed by atoms with van der Waals surface area (Å²) in [5, 5.41) is 2.91. The Labute approximate surface area is 221 Å². The van der Waals surface area contributed by atoms with Gasteiger partial charge in [-0.05, 0) is 87.2 Å². The van der Waals surface area contributed by atoms with E-state index in [4.69, 9.17) is 0 Å². The number of hydrogen-bond acceptors (Lipinski definition) is 4. The second-order valence-electron chi connectivity index (χ2n) is 10.0. The minimum Gasteiger partial charge on any atom is -0.350 e. The fourth-order valence-electron chi connectivity index (χ4n) is 4.65. The van der Waals surface area contributed by atoms with E-state index in [0.29, 0.717) is 12.2 Å². The third-order valence-corrected chi connectivity index (χ3v) is 8.67. The van der Waals surface area contributed by atoms with E-state index in [9.17, 15) is 13.2 Å². The fraction of sp³-hybridized carbons (Fsp3) is 0.367. The minimum atomic E-state index is -3.94. The van der Waals surface area contributed by atoms with Crippen LogP contribution in [0, 0.1) is 20.8 Å². The summed E-state index contributed by atoms with van der Waals surface area (Å²) in [5.74, 6) is -0.353. The lowest BCUT2D eigenvalue weighted by Gasteiger charge is -2.26. The average molecular weight is 520 g/mol. The molecule has 0 atom stereocenters. The first-order valence-corrected chi connectivity index (χ1v) is 14.4.